The highest BCUT2D eigenvalue weighted by atomic mass is 32.2. The van der Waals surface area contributed by atoms with Gasteiger partial charge in [-0.25, -0.2) is 8.42 Å². The third kappa shape index (κ3) is 6.90. The zero-order valence-corrected chi connectivity index (χ0v) is 11.2. The predicted molar refractivity (Wildman–Crippen MR) is 65.6 cm³/mol. The topological polar surface area (TPSA) is 60.2 Å². The van der Waals surface area contributed by atoms with Gasteiger partial charge in [-0.05, 0) is 11.8 Å². The first-order chi connectivity index (χ1) is 6.69. The van der Waals surface area contributed by atoms with Crippen LogP contribution in [0.5, 0.6) is 0 Å². The fourth-order valence-corrected chi connectivity index (χ4v) is 3.04. The molecule has 0 aromatic rings. The summed E-state index contributed by atoms with van der Waals surface area (Å²) in [6.45, 7) is 7.98. The van der Waals surface area contributed by atoms with Crippen LogP contribution < -0.4 is 5.73 Å². The minimum absolute atomic E-state index is 0.111. The van der Waals surface area contributed by atoms with Gasteiger partial charge in [-0.2, -0.15) is 0 Å². The van der Waals surface area contributed by atoms with Crippen molar-refractivity contribution >= 4 is 9.84 Å². The lowest BCUT2D eigenvalue weighted by molar-refractivity contribution is 0.340. The van der Waals surface area contributed by atoms with Crippen LogP contribution in [0.15, 0.2) is 0 Å². The summed E-state index contributed by atoms with van der Waals surface area (Å²) in [5.41, 5.74) is 5.72. The molecule has 3 nitrogen and oxygen atoms in total. The Bertz CT molecular complexity index is 265. The number of rotatable bonds is 6. The maximum Gasteiger partial charge on any atom is 0.151 e. The van der Waals surface area contributed by atoms with E-state index in [9.17, 15) is 8.42 Å². The van der Waals surface area contributed by atoms with Crippen LogP contribution in [-0.4, -0.2) is 26.0 Å². The van der Waals surface area contributed by atoms with Gasteiger partial charge in [0.15, 0.2) is 9.84 Å². The van der Waals surface area contributed by atoms with E-state index in [2.05, 4.69) is 6.92 Å². The van der Waals surface area contributed by atoms with Gasteiger partial charge in [-0.3, -0.25) is 0 Å². The molecule has 0 aliphatic heterocycles. The molecule has 2 N–H and O–H groups in total. The average molecular weight is 235 g/mol. The second kappa shape index (κ2) is 5.85. The molecule has 0 heterocycles. The number of nitrogens with two attached hydrogens (primary N) is 1. The standard InChI is InChI=1S/C11H25NO2S/c1-5-6-7-8-15(13,14)9-10(12)11(2,3)4/h10H,5-9,12H2,1-4H3. The summed E-state index contributed by atoms with van der Waals surface area (Å²) in [4.78, 5) is 0. The predicted octanol–water partition coefficient (Wildman–Crippen LogP) is 1.96. The van der Waals surface area contributed by atoms with Crippen LogP contribution in [0.2, 0.25) is 0 Å². The molecule has 0 aromatic heterocycles. The molecule has 0 spiro atoms. The van der Waals surface area contributed by atoms with E-state index in [0.717, 1.165) is 19.3 Å². The molecule has 1 atom stereocenters. The minimum atomic E-state index is -2.96. The van der Waals surface area contributed by atoms with E-state index in [4.69, 9.17) is 5.73 Å². The van der Waals surface area contributed by atoms with Crippen LogP contribution in [0.1, 0.15) is 47.0 Å². The first-order valence-corrected chi connectivity index (χ1v) is 7.47. The fraction of sp³-hybridized carbons (Fsp3) is 1.00. The van der Waals surface area contributed by atoms with E-state index in [0.29, 0.717) is 0 Å². The Morgan fingerprint density at radius 1 is 1.20 bits per heavy atom. The molecule has 1 unspecified atom stereocenters. The molecule has 0 aromatic carbocycles. The SMILES string of the molecule is CCCCCS(=O)(=O)CC(N)C(C)(C)C. The number of sulfone groups is 1. The van der Waals surface area contributed by atoms with Crippen molar-refractivity contribution in [3.8, 4) is 0 Å². The summed E-state index contributed by atoms with van der Waals surface area (Å²) in [5.74, 6) is 0.394. The second-order valence-corrected chi connectivity index (χ2v) is 7.52. The van der Waals surface area contributed by atoms with Crippen molar-refractivity contribution in [1.29, 1.82) is 0 Å². The van der Waals surface area contributed by atoms with Gasteiger partial charge in [0.05, 0.1) is 11.5 Å². The summed E-state index contributed by atoms with van der Waals surface area (Å²) in [7, 11) is -2.96. The Morgan fingerprint density at radius 3 is 2.13 bits per heavy atom. The zero-order chi connectivity index (χ0) is 12.1. The fourth-order valence-electron chi connectivity index (χ4n) is 1.18. The Balaban J connectivity index is 4.15. The molecular weight excluding hydrogens is 210 g/mol. The van der Waals surface area contributed by atoms with E-state index in [1.54, 1.807) is 0 Å². The summed E-state index contributed by atoms with van der Waals surface area (Å²) in [6, 6.07) is -0.274. The van der Waals surface area contributed by atoms with Gasteiger partial charge < -0.3 is 5.73 Å². The van der Waals surface area contributed by atoms with Gasteiger partial charge in [0.1, 0.15) is 0 Å². The van der Waals surface area contributed by atoms with Crippen LogP contribution in [0.25, 0.3) is 0 Å². The van der Waals surface area contributed by atoms with Crippen molar-refractivity contribution in [3.63, 3.8) is 0 Å². The molecule has 92 valence electrons. The molecular formula is C11H25NO2S. The van der Waals surface area contributed by atoms with Crippen LogP contribution in [0.3, 0.4) is 0 Å². The third-order valence-corrected chi connectivity index (χ3v) is 4.38. The van der Waals surface area contributed by atoms with Gasteiger partial charge in [-0.1, -0.05) is 40.5 Å². The van der Waals surface area contributed by atoms with Gasteiger partial charge in [0, 0.05) is 6.04 Å². The highest BCUT2D eigenvalue weighted by Crippen LogP contribution is 2.19. The Kier molecular flexibility index (Phi) is 5.81. The lowest BCUT2D eigenvalue weighted by Gasteiger charge is -2.26. The lowest BCUT2D eigenvalue weighted by Crippen LogP contribution is -2.41. The number of unbranched alkanes of at least 4 members (excludes halogenated alkanes) is 2. The van der Waals surface area contributed by atoms with Crippen molar-refractivity contribution in [2.45, 2.75) is 53.0 Å². The van der Waals surface area contributed by atoms with Crippen molar-refractivity contribution < 1.29 is 8.42 Å². The van der Waals surface area contributed by atoms with Gasteiger partial charge in [-0.15, -0.1) is 0 Å². The van der Waals surface area contributed by atoms with Crippen LogP contribution in [-0.2, 0) is 9.84 Å². The minimum Gasteiger partial charge on any atom is -0.326 e. The van der Waals surface area contributed by atoms with E-state index >= 15 is 0 Å². The largest absolute Gasteiger partial charge is 0.326 e. The number of hydrogen-bond donors (Lipinski definition) is 1. The monoisotopic (exact) mass is 235 g/mol. The summed E-state index contributed by atoms with van der Waals surface area (Å²) in [5, 5.41) is 0. The smallest absolute Gasteiger partial charge is 0.151 e. The van der Waals surface area contributed by atoms with Crippen molar-refractivity contribution in [2.24, 2.45) is 11.1 Å². The summed E-state index contributed by atoms with van der Waals surface area (Å²) < 4.78 is 23.4. The molecule has 0 amide bonds. The maximum absolute atomic E-state index is 11.7. The van der Waals surface area contributed by atoms with Crippen molar-refractivity contribution in [2.75, 3.05) is 11.5 Å². The first kappa shape index (κ1) is 14.9. The molecule has 0 saturated carbocycles. The molecule has 0 aliphatic carbocycles. The average Bonchev–Trinajstić information content (AvgIpc) is 2.01. The van der Waals surface area contributed by atoms with Crippen LogP contribution in [0, 0.1) is 5.41 Å². The van der Waals surface area contributed by atoms with Gasteiger partial charge in [0.25, 0.3) is 0 Å². The van der Waals surface area contributed by atoms with Crippen molar-refractivity contribution in [3.05, 3.63) is 0 Å². The number of hydrogen-bond acceptors (Lipinski definition) is 3. The van der Waals surface area contributed by atoms with Gasteiger partial charge >= 0.3 is 0 Å². The maximum atomic E-state index is 11.7. The van der Waals surface area contributed by atoms with E-state index in [1.807, 2.05) is 20.8 Å². The second-order valence-electron chi connectivity index (χ2n) is 5.29. The quantitative estimate of drug-likeness (QED) is 0.716. The molecule has 0 aliphatic rings. The molecule has 0 rings (SSSR count). The van der Waals surface area contributed by atoms with Crippen LogP contribution >= 0.6 is 0 Å². The molecule has 0 saturated heterocycles. The normalized spacial score (nSPS) is 15.3. The van der Waals surface area contributed by atoms with E-state index < -0.39 is 9.84 Å². The summed E-state index contributed by atoms with van der Waals surface area (Å²) in [6.07, 6.45) is 2.78. The highest BCUT2D eigenvalue weighted by molar-refractivity contribution is 7.91. The van der Waals surface area contributed by atoms with Gasteiger partial charge in [0.2, 0.25) is 0 Å². The highest BCUT2D eigenvalue weighted by Gasteiger charge is 2.25. The Labute approximate surface area is 94.4 Å². The lowest BCUT2D eigenvalue weighted by atomic mass is 9.89. The van der Waals surface area contributed by atoms with E-state index in [-0.39, 0.29) is 23.0 Å². The molecule has 0 radical (unpaired) electrons. The first-order valence-electron chi connectivity index (χ1n) is 5.65. The summed E-state index contributed by atoms with van der Waals surface area (Å²) >= 11 is 0. The molecule has 0 bridgehead atoms. The Morgan fingerprint density at radius 2 is 1.73 bits per heavy atom. The van der Waals surface area contributed by atoms with Crippen molar-refractivity contribution in [1.82, 2.24) is 0 Å². The van der Waals surface area contributed by atoms with E-state index in [1.165, 1.54) is 0 Å². The Hall–Kier alpha value is -0.0900. The third-order valence-electron chi connectivity index (χ3n) is 2.60. The zero-order valence-electron chi connectivity index (χ0n) is 10.4. The molecule has 0 fully saturated rings. The molecule has 15 heavy (non-hydrogen) atoms. The van der Waals surface area contributed by atoms with Crippen LogP contribution in [0.4, 0.5) is 0 Å². The molecule has 4 heteroatoms.